The number of likely N-dealkylation sites (N-methyl/N-ethyl adjacent to an activating group) is 1. The molecule has 2 aromatic carbocycles. The van der Waals surface area contributed by atoms with Crippen molar-refractivity contribution in [2.45, 2.75) is 5.54 Å². The number of rotatable bonds is 6. The second kappa shape index (κ2) is 10.4. The lowest BCUT2D eigenvalue weighted by Crippen LogP contribution is -2.45. The van der Waals surface area contributed by atoms with E-state index in [9.17, 15) is 22.8 Å². The quantitative estimate of drug-likeness (QED) is 0.369. The van der Waals surface area contributed by atoms with Crippen LogP contribution in [0.1, 0.15) is 11.1 Å². The Morgan fingerprint density at radius 2 is 1.47 bits per heavy atom. The van der Waals surface area contributed by atoms with Gasteiger partial charge in [0.2, 0.25) is 0 Å². The third-order valence-corrected chi connectivity index (χ3v) is 4.32. The van der Waals surface area contributed by atoms with E-state index < -0.39 is 40.3 Å². The van der Waals surface area contributed by atoms with Crippen molar-refractivity contribution < 1.29 is 32.1 Å². The maximum absolute atomic E-state index is 13.3. The van der Waals surface area contributed by atoms with Crippen molar-refractivity contribution in [3.63, 3.8) is 0 Å². The van der Waals surface area contributed by atoms with Gasteiger partial charge in [0.15, 0.2) is 12.3 Å². The molecule has 3 amide bonds. The Balaban J connectivity index is 0.000000654. The van der Waals surface area contributed by atoms with Crippen LogP contribution < -0.4 is 5.32 Å². The van der Waals surface area contributed by atoms with Crippen LogP contribution in [0.2, 0.25) is 0 Å². The number of esters is 1. The third kappa shape index (κ3) is 6.36. The molecule has 0 spiro atoms. The van der Waals surface area contributed by atoms with Crippen LogP contribution in [0.25, 0.3) is 0 Å². The standard InChI is InChI=1S/C20H21N3O4.CH4O3S/c1-22(2)13-17(24)27-14-23-18(25)20(21-19(23)26,15-9-5-3-6-10-15)16-11-7-4-8-12-16;1-5(2,3)4/h3-12H,13-14H2,1-2H3,(H,21,26);1H3,(H,2,3,4). The molecule has 0 unspecified atom stereocenters. The lowest BCUT2D eigenvalue weighted by molar-refractivity contribution is -0.150. The zero-order valence-corrected chi connectivity index (χ0v) is 18.7. The highest BCUT2D eigenvalue weighted by atomic mass is 32.2. The molecule has 0 atom stereocenters. The number of carbonyl (C=O) groups is 3. The lowest BCUT2D eigenvalue weighted by atomic mass is 9.83. The van der Waals surface area contributed by atoms with Crippen LogP contribution >= 0.6 is 0 Å². The number of ether oxygens (including phenoxy) is 1. The minimum atomic E-state index is -3.67. The molecule has 1 fully saturated rings. The summed E-state index contributed by atoms with van der Waals surface area (Å²) in [6, 6.07) is 17.4. The molecular formula is C21H25N3O7S. The summed E-state index contributed by atoms with van der Waals surface area (Å²) in [7, 11) is -0.213. The summed E-state index contributed by atoms with van der Waals surface area (Å²) in [5.41, 5.74) is -0.0820. The lowest BCUT2D eigenvalue weighted by Gasteiger charge is -2.27. The molecular weight excluding hydrogens is 438 g/mol. The van der Waals surface area contributed by atoms with Crippen LogP contribution in [0.15, 0.2) is 60.7 Å². The molecule has 1 heterocycles. The van der Waals surface area contributed by atoms with Gasteiger partial charge in [0.1, 0.15) is 0 Å². The topological polar surface area (TPSA) is 133 Å². The maximum atomic E-state index is 13.3. The van der Waals surface area contributed by atoms with E-state index >= 15 is 0 Å². The van der Waals surface area contributed by atoms with E-state index in [-0.39, 0.29) is 6.54 Å². The average Bonchev–Trinajstić information content (AvgIpc) is 2.97. The third-order valence-electron chi connectivity index (χ3n) is 4.32. The molecule has 3 rings (SSSR count). The highest BCUT2D eigenvalue weighted by molar-refractivity contribution is 7.85. The molecule has 0 aromatic heterocycles. The Morgan fingerprint density at radius 1 is 1.03 bits per heavy atom. The predicted octanol–water partition coefficient (Wildman–Crippen LogP) is 1.05. The van der Waals surface area contributed by atoms with Gasteiger partial charge in [-0.15, -0.1) is 0 Å². The van der Waals surface area contributed by atoms with Gasteiger partial charge in [0.25, 0.3) is 16.0 Å². The first-order valence-corrected chi connectivity index (χ1v) is 11.3. The highest BCUT2D eigenvalue weighted by Gasteiger charge is 2.54. The van der Waals surface area contributed by atoms with Crippen molar-refractivity contribution in [1.29, 1.82) is 0 Å². The number of nitrogens with zero attached hydrogens (tertiary/aromatic N) is 2. The van der Waals surface area contributed by atoms with Gasteiger partial charge < -0.3 is 10.1 Å². The van der Waals surface area contributed by atoms with Crippen molar-refractivity contribution in [2.75, 3.05) is 33.6 Å². The zero-order valence-electron chi connectivity index (χ0n) is 17.9. The molecule has 2 N–H and O–H groups in total. The van der Waals surface area contributed by atoms with E-state index in [4.69, 9.17) is 9.29 Å². The summed E-state index contributed by atoms with van der Waals surface area (Å²) >= 11 is 0. The molecule has 11 heteroatoms. The number of benzene rings is 2. The number of amides is 3. The van der Waals surface area contributed by atoms with Crippen LogP contribution in [-0.4, -0.2) is 74.3 Å². The van der Waals surface area contributed by atoms with Crippen molar-refractivity contribution in [3.8, 4) is 0 Å². The number of imide groups is 1. The summed E-state index contributed by atoms with van der Waals surface area (Å²) in [5.74, 6) is -1.000. The Kier molecular flexibility index (Phi) is 8.08. The van der Waals surface area contributed by atoms with E-state index in [1.807, 2.05) is 12.1 Å². The van der Waals surface area contributed by atoms with Gasteiger partial charge in [-0.2, -0.15) is 8.42 Å². The first kappa shape index (κ1) is 25.0. The fraction of sp³-hybridized carbons (Fsp3) is 0.286. The first-order valence-electron chi connectivity index (χ1n) is 9.43. The number of carbonyl (C=O) groups excluding carboxylic acids is 3. The summed E-state index contributed by atoms with van der Waals surface area (Å²) in [5, 5.41) is 2.80. The molecule has 32 heavy (non-hydrogen) atoms. The van der Waals surface area contributed by atoms with Crippen LogP contribution in [0.4, 0.5) is 4.79 Å². The van der Waals surface area contributed by atoms with Gasteiger partial charge in [-0.05, 0) is 25.2 Å². The van der Waals surface area contributed by atoms with E-state index in [0.29, 0.717) is 17.4 Å². The largest absolute Gasteiger partial charge is 0.443 e. The molecule has 0 radical (unpaired) electrons. The SMILES string of the molecule is CN(C)CC(=O)OCN1C(=O)NC(c2ccccc2)(c2ccccc2)C1=O.CS(=O)(=O)O. The molecule has 0 bridgehead atoms. The molecule has 172 valence electrons. The summed E-state index contributed by atoms with van der Waals surface area (Å²) in [4.78, 5) is 40.2. The van der Waals surface area contributed by atoms with Crippen molar-refractivity contribution in [1.82, 2.24) is 15.1 Å². The van der Waals surface area contributed by atoms with Gasteiger partial charge >= 0.3 is 12.0 Å². The molecule has 0 saturated carbocycles. The van der Waals surface area contributed by atoms with Gasteiger partial charge in [-0.25, -0.2) is 9.69 Å². The Hall–Kier alpha value is -3.28. The minimum Gasteiger partial charge on any atom is -0.443 e. The smallest absolute Gasteiger partial charge is 0.328 e. The highest BCUT2D eigenvalue weighted by Crippen LogP contribution is 2.35. The molecule has 2 aromatic rings. The second-order valence-corrected chi connectivity index (χ2v) is 8.73. The van der Waals surface area contributed by atoms with E-state index in [2.05, 4.69) is 5.32 Å². The van der Waals surface area contributed by atoms with Crippen LogP contribution in [-0.2, 0) is 30.0 Å². The van der Waals surface area contributed by atoms with Crippen LogP contribution in [0.5, 0.6) is 0 Å². The Bertz CT molecular complexity index is 1010. The predicted molar refractivity (Wildman–Crippen MR) is 116 cm³/mol. The van der Waals surface area contributed by atoms with Gasteiger partial charge in [0, 0.05) is 0 Å². The van der Waals surface area contributed by atoms with E-state index in [1.54, 1.807) is 67.5 Å². The second-order valence-electron chi connectivity index (χ2n) is 7.26. The van der Waals surface area contributed by atoms with Crippen LogP contribution in [0, 0.1) is 0 Å². The fourth-order valence-corrected chi connectivity index (χ4v) is 3.07. The molecule has 1 aliphatic rings. The Labute approximate surface area is 186 Å². The van der Waals surface area contributed by atoms with Crippen molar-refractivity contribution >= 4 is 28.0 Å². The van der Waals surface area contributed by atoms with Crippen molar-refractivity contribution in [3.05, 3.63) is 71.8 Å². The molecule has 10 nitrogen and oxygen atoms in total. The molecule has 1 aliphatic heterocycles. The van der Waals surface area contributed by atoms with E-state index in [1.165, 1.54) is 0 Å². The van der Waals surface area contributed by atoms with Gasteiger partial charge in [-0.3, -0.25) is 19.0 Å². The molecule has 1 saturated heterocycles. The van der Waals surface area contributed by atoms with Crippen LogP contribution in [0.3, 0.4) is 0 Å². The van der Waals surface area contributed by atoms with E-state index in [0.717, 1.165) is 4.90 Å². The molecule has 0 aliphatic carbocycles. The monoisotopic (exact) mass is 463 g/mol. The summed E-state index contributed by atoms with van der Waals surface area (Å²) in [6.07, 6.45) is 0.715. The van der Waals surface area contributed by atoms with Gasteiger partial charge in [-0.1, -0.05) is 60.7 Å². The number of urea groups is 1. The summed E-state index contributed by atoms with van der Waals surface area (Å²) in [6.45, 7) is -0.370. The Morgan fingerprint density at radius 3 is 1.88 bits per heavy atom. The summed E-state index contributed by atoms with van der Waals surface area (Å²) < 4.78 is 31.0. The number of hydrogen-bond donors (Lipinski definition) is 2. The maximum Gasteiger partial charge on any atom is 0.328 e. The average molecular weight is 464 g/mol. The zero-order chi connectivity index (χ0) is 23.9. The van der Waals surface area contributed by atoms with Crippen molar-refractivity contribution in [2.24, 2.45) is 0 Å². The first-order chi connectivity index (χ1) is 14.9. The van der Waals surface area contributed by atoms with Gasteiger partial charge in [0.05, 0.1) is 12.8 Å². The minimum absolute atomic E-state index is 0.0617. The fourth-order valence-electron chi connectivity index (χ4n) is 3.07. The number of hydrogen-bond acceptors (Lipinski definition) is 7. The number of nitrogens with one attached hydrogen (secondary N) is 1. The normalized spacial score (nSPS) is 15.1.